The van der Waals surface area contributed by atoms with E-state index in [-0.39, 0.29) is 19.0 Å². The van der Waals surface area contributed by atoms with Gasteiger partial charge in [0.15, 0.2) is 0 Å². The summed E-state index contributed by atoms with van der Waals surface area (Å²) in [6.45, 7) is 1.91. The lowest BCUT2D eigenvalue weighted by molar-refractivity contribution is 0.153. The van der Waals surface area contributed by atoms with E-state index in [1.807, 2.05) is 5.32 Å². The number of carbonyl (C=O) groups is 2. The molecular weight excluding hydrogens is 172 g/mol. The van der Waals surface area contributed by atoms with Gasteiger partial charge in [0.1, 0.15) is 0 Å². The van der Waals surface area contributed by atoms with Gasteiger partial charge in [-0.2, -0.15) is 0 Å². The van der Waals surface area contributed by atoms with Crippen LogP contribution in [0.5, 0.6) is 0 Å². The number of hydrogen-bond donors (Lipinski definition) is 2. The Morgan fingerprint density at radius 2 is 2.00 bits per heavy atom. The van der Waals surface area contributed by atoms with Gasteiger partial charge >= 0.3 is 12.1 Å². The Labute approximate surface area is 70.9 Å². The molecule has 0 saturated heterocycles. The van der Waals surface area contributed by atoms with Gasteiger partial charge in [-0.1, -0.05) is 0 Å². The molecule has 0 aliphatic carbocycles. The Kier molecular flexibility index (Phi) is 8.23. The summed E-state index contributed by atoms with van der Waals surface area (Å²) in [5.74, 6) is 0. The van der Waals surface area contributed by atoms with Crippen molar-refractivity contribution in [3.8, 4) is 0 Å². The van der Waals surface area contributed by atoms with Crippen molar-refractivity contribution in [3.05, 3.63) is 0 Å². The molecule has 11 heavy (non-hydrogen) atoms. The van der Waals surface area contributed by atoms with Gasteiger partial charge in [0, 0.05) is 7.05 Å². The molecule has 0 fully saturated rings. The summed E-state index contributed by atoms with van der Waals surface area (Å²) in [4.78, 5) is 20.8. The normalized spacial score (nSPS) is 7.45. The summed E-state index contributed by atoms with van der Waals surface area (Å²) in [7, 11) is 1.41. The molecule has 0 rings (SSSR count). The van der Waals surface area contributed by atoms with Crippen LogP contribution in [0.25, 0.3) is 0 Å². The first-order valence-corrected chi connectivity index (χ1v) is 2.86. The van der Waals surface area contributed by atoms with Gasteiger partial charge in [-0.05, 0) is 6.92 Å². The molecule has 0 saturated carbocycles. The van der Waals surface area contributed by atoms with Crippen LogP contribution < -0.4 is 10.6 Å². The van der Waals surface area contributed by atoms with E-state index in [1.54, 1.807) is 6.92 Å². The van der Waals surface area contributed by atoms with E-state index >= 15 is 0 Å². The SMILES string of the molecule is CCOC(=O)NC(=O)NC.Cl. The van der Waals surface area contributed by atoms with Gasteiger partial charge in [-0.3, -0.25) is 0 Å². The van der Waals surface area contributed by atoms with Crippen LogP contribution in [0.15, 0.2) is 0 Å². The zero-order valence-electron chi connectivity index (χ0n) is 6.34. The van der Waals surface area contributed by atoms with Crippen molar-refractivity contribution in [3.63, 3.8) is 0 Å². The minimum atomic E-state index is -0.734. The van der Waals surface area contributed by atoms with Crippen molar-refractivity contribution >= 4 is 24.5 Å². The van der Waals surface area contributed by atoms with Crippen molar-refractivity contribution in [2.45, 2.75) is 6.92 Å². The highest BCUT2D eigenvalue weighted by molar-refractivity contribution is 5.90. The maximum atomic E-state index is 10.4. The molecule has 66 valence electrons. The van der Waals surface area contributed by atoms with Crippen LogP contribution in [-0.2, 0) is 4.74 Å². The van der Waals surface area contributed by atoms with Crippen molar-refractivity contribution < 1.29 is 14.3 Å². The van der Waals surface area contributed by atoms with E-state index in [0.717, 1.165) is 0 Å². The first-order chi connectivity index (χ1) is 4.70. The molecule has 0 aliphatic heterocycles. The lowest BCUT2D eigenvalue weighted by Gasteiger charge is -2.01. The maximum absolute atomic E-state index is 10.4. The van der Waals surface area contributed by atoms with E-state index in [1.165, 1.54) is 7.05 Å². The Balaban J connectivity index is 0. The highest BCUT2D eigenvalue weighted by Crippen LogP contribution is 1.74. The van der Waals surface area contributed by atoms with Crippen molar-refractivity contribution in [2.24, 2.45) is 0 Å². The second kappa shape index (κ2) is 7.14. The van der Waals surface area contributed by atoms with Crippen LogP contribution in [0, 0.1) is 0 Å². The molecule has 0 unspecified atom stereocenters. The van der Waals surface area contributed by atoms with Crippen LogP contribution in [-0.4, -0.2) is 25.8 Å². The van der Waals surface area contributed by atoms with Crippen LogP contribution in [0.3, 0.4) is 0 Å². The summed E-state index contributed by atoms with van der Waals surface area (Å²) in [5.41, 5.74) is 0. The van der Waals surface area contributed by atoms with E-state index in [2.05, 4.69) is 10.1 Å². The molecule has 0 aliphatic rings. The van der Waals surface area contributed by atoms with E-state index in [0.29, 0.717) is 0 Å². The highest BCUT2D eigenvalue weighted by Gasteiger charge is 2.03. The smallest absolute Gasteiger partial charge is 0.415 e. The predicted molar refractivity (Wildman–Crippen MR) is 41.9 cm³/mol. The molecule has 0 spiro atoms. The minimum Gasteiger partial charge on any atom is -0.450 e. The number of amides is 3. The number of hydrogen-bond acceptors (Lipinski definition) is 3. The lowest BCUT2D eigenvalue weighted by atomic mass is 10.8. The standard InChI is InChI=1S/C5H10N2O3.ClH/c1-3-10-5(9)7-4(8)6-2;/h3H2,1-2H3,(H2,6,7,8,9);1H. The number of halogens is 1. The third-order valence-corrected chi connectivity index (χ3v) is 0.718. The first-order valence-electron chi connectivity index (χ1n) is 2.86. The molecule has 0 aromatic rings. The molecule has 0 radical (unpaired) electrons. The minimum absolute atomic E-state index is 0. The van der Waals surface area contributed by atoms with Crippen molar-refractivity contribution in [1.82, 2.24) is 10.6 Å². The van der Waals surface area contributed by atoms with Gasteiger partial charge < -0.3 is 10.1 Å². The third kappa shape index (κ3) is 6.92. The van der Waals surface area contributed by atoms with E-state index in [9.17, 15) is 9.59 Å². The molecule has 3 amide bonds. The van der Waals surface area contributed by atoms with Gasteiger partial charge in [0.05, 0.1) is 6.61 Å². The number of carbonyl (C=O) groups excluding carboxylic acids is 2. The lowest BCUT2D eigenvalue weighted by Crippen LogP contribution is -2.37. The molecule has 0 aromatic carbocycles. The van der Waals surface area contributed by atoms with Gasteiger partial charge in [-0.15, -0.1) is 12.4 Å². The number of rotatable bonds is 1. The molecule has 6 heteroatoms. The Morgan fingerprint density at radius 1 is 1.45 bits per heavy atom. The largest absolute Gasteiger partial charge is 0.450 e. The van der Waals surface area contributed by atoms with Gasteiger partial charge in [-0.25, -0.2) is 14.9 Å². The zero-order valence-corrected chi connectivity index (χ0v) is 7.16. The Bertz CT molecular complexity index is 140. The second-order valence-corrected chi connectivity index (χ2v) is 1.42. The molecular formula is C5H11ClN2O3. The monoisotopic (exact) mass is 182 g/mol. The Morgan fingerprint density at radius 3 is 2.36 bits per heavy atom. The quantitative estimate of drug-likeness (QED) is 0.621. The highest BCUT2D eigenvalue weighted by atomic mass is 35.5. The topological polar surface area (TPSA) is 67.4 Å². The van der Waals surface area contributed by atoms with E-state index in [4.69, 9.17) is 0 Å². The van der Waals surface area contributed by atoms with Gasteiger partial charge in [0.2, 0.25) is 0 Å². The van der Waals surface area contributed by atoms with Crippen LogP contribution in [0.1, 0.15) is 6.92 Å². The first kappa shape index (κ1) is 12.7. The van der Waals surface area contributed by atoms with Crippen LogP contribution in [0.2, 0.25) is 0 Å². The second-order valence-electron chi connectivity index (χ2n) is 1.42. The number of nitrogens with one attached hydrogen (secondary N) is 2. The maximum Gasteiger partial charge on any atom is 0.415 e. The van der Waals surface area contributed by atoms with Crippen LogP contribution in [0.4, 0.5) is 9.59 Å². The molecule has 0 aromatic heterocycles. The fourth-order valence-electron chi connectivity index (χ4n) is 0.322. The molecule has 5 nitrogen and oxygen atoms in total. The van der Waals surface area contributed by atoms with Crippen LogP contribution >= 0.6 is 12.4 Å². The zero-order chi connectivity index (χ0) is 7.98. The van der Waals surface area contributed by atoms with Crippen molar-refractivity contribution in [1.29, 1.82) is 0 Å². The third-order valence-electron chi connectivity index (χ3n) is 0.718. The summed E-state index contributed by atoms with van der Waals surface area (Å²) < 4.78 is 4.40. The number of urea groups is 1. The summed E-state index contributed by atoms with van der Waals surface area (Å²) in [6.07, 6.45) is -0.734. The molecule has 2 N–H and O–H groups in total. The van der Waals surface area contributed by atoms with Crippen molar-refractivity contribution in [2.75, 3.05) is 13.7 Å². The average molecular weight is 183 g/mol. The molecule has 0 atom stereocenters. The average Bonchev–Trinajstić information content (AvgIpc) is 1.88. The summed E-state index contributed by atoms with van der Waals surface area (Å²) >= 11 is 0. The fraction of sp³-hybridized carbons (Fsp3) is 0.600. The predicted octanol–water partition coefficient (Wildman–Crippen LogP) is 0.494. The number of imide groups is 1. The molecule has 0 bridgehead atoms. The number of alkyl carbamates (subject to hydrolysis) is 1. The summed E-state index contributed by atoms with van der Waals surface area (Å²) in [6, 6.07) is -0.571. The Hall–Kier alpha value is -0.970. The summed E-state index contributed by atoms with van der Waals surface area (Å²) in [5, 5.41) is 4.12. The number of ether oxygens (including phenoxy) is 1. The fourth-order valence-corrected chi connectivity index (χ4v) is 0.322. The van der Waals surface area contributed by atoms with E-state index < -0.39 is 12.1 Å². The molecule has 0 heterocycles. The van der Waals surface area contributed by atoms with Gasteiger partial charge in [0.25, 0.3) is 0 Å².